The summed E-state index contributed by atoms with van der Waals surface area (Å²) in [5.41, 5.74) is 0.302. The number of carbonyl (C=O) groups is 1. The maximum Gasteiger partial charge on any atom is 0.323 e. The first kappa shape index (κ1) is 17.4. The molecule has 0 aliphatic heterocycles. The van der Waals surface area contributed by atoms with Crippen LogP contribution >= 0.6 is 0 Å². The van der Waals surface area contributed by atoms with E-state index in [2.05, 4.69) is 20.6 Å². The van der Waals surface area contributed by atoms with Crippen molar-refractivity contribution in [2.24, 2.45) is 0 Å². The van der Waals surface area contributed by atoms with Gasteiger partial charge in [-0.05, 0) is 26.0 Å². The second-order valence-electron chi connectivity index (χ2n) is 4.45. The minimum absolute atomic E-state index is 0.0937. The third-order valence-corrected chi connectivity index (χ3v) is 2.71. The van der Waals surface area contributed by atoms with Gasteiger partial charge >= 0.3 is 12.0 Å². The van der Waals surface area contributed by atoms with Crippen molar-refractivity contribution in [2.45, 2.75) is 13.8 Å². The van der Waals surface area contributed by atoms with Crippen molar-refractivity contribution in [3.63, 3.8) is 0 Å². The van der Waals surface area contributed by atoms with Crippen molar-refractivity contribution in [2.75, 3.05) is 23.8 Å². The molecule has 0 atom stereocenters. The Hall–Kier alpha value is -2.97. The van der Waals surface area contributed by atoms with Gasteiger partial charge in [0, 0.05) is 11.8 Å². The lowest BCUT2D eigenvalue weighted by molar-refractivity contribution is 0.261. The highest BCUT2D eigenvalue weighted by Gasteiger charge is 2.13. The van der Waals surface area contributed by atoms with Crippen molar-refractivity contribution in [1.82, 2.24) is 9.97 Å². The molecular weight excluding hydrogens is 322 g/mol. The molecule has 0 radical (unpaired) electrons. The van der Waals surface area contributed by atoms with Gasteiger partial charge in [-0.15, -0.1) is 0 Å². The first-order valence-corrected chi connectivity index (χ1v) is 7.19. The van der Waals surface area contributed by atoms with E-state index >= 15 is 0 Å². The third-order valence-electron chi connectivity index (χ3n) is 2.71. The van der Waals surface area contributed by atoms with Crippen LogP contribution in [0.5, 0.6) is 11.9 Å². The quantitative estimate of drug-likeness (QED) is 0.845. The highest BCUT2D eigenvalue weighted by molar-refractivity contribution is 6.00. The summed E-state index contributed by atoms with van der Waals surface area (Å²) in [5.74, 6) is -1.93. The summed E-state index contributed by atoms with van der Waals surface area (Å²) in [5, 5.41) is 4.84. The summed E-state index contributed by atoms with van der Waals surface area (Å²) in [6.07, 6.45) is 1.33. The molecule has 128 valence electrons. The summed E-state index contributed by atoms with van der Waals surface area (Å²) in [7, 11) is 0. The van der Waals surface area contributed by atoms with Crippen LogP contribution in [0.3, 0.4) is 0 Å². The second-order valence-corrected chi connectivity index (χ2v) is 4.45. The molecule has 2 aromatic rings. The second kappa shape index (κ2) is 8.04. The zero-order chi connectivity index (χ0) is 17.5. The van der Waals surface area contributed by atoms with Crippen LogP contribution in [0, 0.1) is 11.6 Å². The Bertz CT molecular complexity index is 728. The minimum Gasteiger partial charge on any atom is -0.476 e. The molecule has 2 N–H and O–H groups in total. The molecule has 1 heterocycles. The van der Waals surface area contributed by atoms with Crippen LogP contribution in [-0.4, -0.2) is 29.2 Å². The fraction of sp³-hybridized carbons (Fsp3) is 0.267. The number of hydrogen-bond acceptors (Lipinski definition) is 5. The van der Waals surface area contributed by atoms with Crippen LogP contribution in [0.2, 0.25) is 0 Å². The standard InChI is InChI=1S/C15H16F2N4O3/c1-3-23-13-12(8-18-15(21-13)24-4-2)20-14(22)19-9-5-6-10(16)11(17)7-9/h5-8H,3-4H2,1-2H3,(H2,19,20,22). The summed E-state index contributed by atoms with van der Waals surface area (Å²) in [6.45, 7) is 4.25. The molecule has 9 heteroatoms. The van der Waals surface area contributed by atoms with E-state index in [1.54, 1.807) is 13.8 Å². The van der Waals surface area contributed by atoms with E-state index in [0.29, 0.717) is 13.2 Å². The summed E-state index contributed by atoms with van der Waals surface area (Å²) in [4.78, 5) is 19.9. The van der Waals surface area contributed by atoms with Crippen LogP contribution in [0.15, 0.2) is 24.4 Å². The van der Waals surface area contributed by atoms with Gasteiger partial charge in [0.05, 0.1) is 19.4 Å². The van der Waals surface area contributed by atoms with Crippen molar-refractivity contribution in [3.8, 4) is 11.9 Å². The Morgan fingerprint density at radius 3 is 2.54 bits per heavy atom. The number of ether oxygens (including phenoxy) is 2. The number of halogens is 2. The molecule has 0 saturated carbocycles. The Labute approximate surface area is 137 Å². The maximum absolute atomic E-state index is 13.1. The minimum atomic E-state index is -1.06. The zero-order valence-electron chi connectivity index (χ0n) is 13.1. The van der Waals surface area contributed by atoms with Crippen LogP contribution in [0.4, 0.5) is 25.0 Å². The topological polar surface area (TPSA) is 85.4 Å². The van der Waals surface area contributed by atoms with Crippen LogP contribution in [0.1, 0.15) is 13.8 Å². The van der Waals surface area contributed by atoms with Gasteiger partial charge in [-0.1, -0.05) is 0 Å². The highest BCUT2D eigenvalue weighted by atomic mass is 19.2. The fourth-order valence-electron chi connectivity index (χ4n) is 1.74. The van der Waals surface area contributed by atoms with Gasteiger partial charge in [-0.2, -0.15) is 4.98 Å². The van der Waals surface area contributed by atoms with Crippen molar-refractivity contribution in [3.05, 3.63) is 36.0 Å². The molecule has 0 fully saturated rings. The number of amides is 2. The molecule has 1 aromatic heterocycles. The summed E-state index contributed by atoms with van der Waals surface area (Å²) < 4.78 is 36.5. The lowest BCUT2D eigenvalue weighted by Crippen LogP contribution is -2.20. The predicted octanol–water partition coefficient (Wildman–Crippen LogP) is 3.20. The van der Waals surface area contributed by atoms with Gasteiger partial charge in [0.2, 0.25) is 5.88 Å². The van der Waals surface area contributed by atoms with Crippen LogP contribution < -0.4 is 20.1 Å². The van der Waals surface area contributed by atoms with Gasteiger partial charge in [-0.25, -0.2) is 18.6 Å². The molecule has 0 aliphatic carbocycles. The van der Waals surface area contributed by atoms with E-state index in [9.17, 15) is 13.6 Å². The first-order chi connectivity index (χ1) is 11.5. The number of carbonyl (C=O) groups excluding carboxylic acids is 1. The Morgan fingerprint density at radius 1 is 1.12 bits per heavy atom. The lowest BCUT2D eigenvalue weighted by Gasteiger charge is -2.12. The molecule has 1 aromatic carbocycles. The van der Waals surface area contributed by atoms with Crippen molar-refractivity contribution < 1.29 is 23.0 Å². The van der Waals surface area contributed by atoms with Gasteiger partial charge in [-0.3, -0.25) is 0 Å². The SMILES string of the molecule is CCOc1ncc(NC(=O)Nc2ccc(F)c(F)c2)c(OCC)n1. The third kappa shape index (κ3) is 4.51. The zero-order valence-corrected chi connectivity index (χ0v) is 13.1. The number of rotatable bonds is 6. The van der Waals surface area contributed by atoms with Gasteiger partial charge in [0.15, 0.2) is 11.6 Å². The number of hydrogen-bond donors (Lipinski definition) is 2. The number of urea groups is 1. The smallest absolute Gasteiger partial charge is 0.323 e. The first-order valence-electron chi connectivity index (χ1n) is 7.19. The summed E-state index contributed by atoms with van der Waals surface area (Å²) in [6, 6.07) is 2.45. The number of anilines is 2. The number of benzene rings is 1. The largest absolute Gasteiger partial charge is 0.476 e. The lowest BCUT2D eigenvalue weighted by atomic mass is 10.3. The molecule has 24 heavy (non-hydrogen) atoms. The molecule has 0 bridgehead atoms. The van der Waals surface area contributed by atoms with Gasteiger partial charge < -0.3 is 20.1 Å². The van der Waals surface area contributed by atoms with E-state index in [1.807, 2.05) is 0 Å². The molecule has 2 rings (SSSR count). The van der Waals surface area contributed by atoms with E-state index in [1.165, 1.54) is 12.3 Å². The molecule has 2 amide bonds. The molecular formula is C15H16F2N4O3. The average Bonchev–Trinajstić information content (AvgIpc) is 2.54. The van der Waals surface area contributed by atoms with Crippen molar-refractivity contribution >= 4 is 17.4 Å². The monoisotopic (exact) mass is 338 g/mol. The Kier molecular flexibility index (Phi) is 5.83. The number of nitrogens with zero attached hydrogens (tertiary/aromatic N) is 2. The average molecular weight is 338 g/mol. The molecule has 0 spiro atoms. The molecule has 0 unspecified atom stereocenters. The number of aromatic nitrogens is 2. The number of nitrogens with one attached hydrogen (secondary N) is 2. The van der Waals surface area contributed by atoms with Crippen LogP contribution in [-0.2, 0) is 0 Å². The van der Waals surface area contributed by atoms with Crippen LogP contribution in [0.25, 0.3) is 0 Å². The maximum atomic E-state index is 13.1. The fourth-order valence-corrected chi connectivity index (χ4v) is 1.74. The van der Waals surface area contributed by atoms with E-state index in [4.69, 9.17) is 9.47 Å². The predicted molar refractivity (Wildman–Crippen MR) is 83.4 cm³/mol. The molecule has 7 nitrogen and oxygen atoms in total. The molecule has 0 aliphatic rings. The normalized spacial score (nSPS) is 10.2. The van der Waals surface area contributed by atoms with E-state index < -0.39 is 17.7 Å². The van der Waals surface area contributed by atoms with Crippen molar-refractivity contribution in [1.29, 1.82) is 0 Å². The Balaban J connectivity index is 2.10. The van der Waals surface area contributed by atoms with Gasteiger partial charge in [0.1, 0.15) is 5.69 Å². The van der Waals surface area contributed by atoms with E-state index in [-0.39, 0.29) is 23.3 Å². The van der Waals surface area contributed by atoms with Gasteiger partial charge in [0.25, 0.3) is 0 Å². The summed E-state index contributed by atoms with van der Waals surface area (Å²) >= 11 is 0. The Morgan fingerprint density at radius 2 is 1.88 bits per heavy atom. The molecule has 0 saturated heterocycles. The highest BCUT2D eigenvalue weighted by Crippen LogP contribution is 2.23. The van der Waals surface area contributed by atoms with E-state index in [0.717, 1.165) is 12.1 Å².